The minimum absolute atomic E-state index is 0.182. The van der Waals surface area contributed by atoms with Crippen molar-refractivity contribution >= 4 is 18.3 Å². The molecule has 0 amide bonds. The van der Waals surface area contributed by atoms with Crippen molar-refractivity contribution < 1.29 is 4.74 Å². The molecule has 0 saturated carbocycles. The second-order valence-electron chi connectivity index (χ2n) is 9.11. The first-order valence-electron chi connectivity index (χ1n) is 9.39. The fourth-order valence-corrected chi connectivity index (χ4v) is 3.66. The van der Waals surface area contributed by atoms with Crippen LogP contribution in [-0.4, -0.2) is 22.3 Å². The third kappa shape index (κ3) is 5.88. The van der Waals surface area contributed by atoms with Crippen LogP contribution in [0.15, 0.2) is 41.2 Å². The van der Waals surface area contributed by atoms with E-state index in [4.69, 9.17) is 9.72 Å². The normalized spacial score (nSPS) is 16.9. The highest BCUT2D eigenvalue weighted by Gasteiger charge is 2.29. The topological polar surface area (TPSA) is 27.1 Å². The molecule has 1 unspecified atom stereocenters. The van der Waals surface area contributed by atoms with Gasteiger partial charge in [0, 0.05) is 24.9 Å². The summed E-state index contributed by atoms with van der Waals surface area (Å²) in [5, 5.41) is 0.740. The molecule has 4 heteroatoms. The quantitative estimate of drug-likeness (QED) is 0.595. The van der Waals surface area contributed by atoms with E-state index >= 15 is 0 Å². The Hall–Kier alpha value is -1.26. The van der Waals surface area contributed by atoms with E-state index in [1.54, 1.807) is 7.11 Å². The largest absolute Gasteiger partial charge is 0.379 e. The standard InChI is InChI=1S/C22H34N2OS/c1-16-9-8-10-18(12-11-16)24-15-19(23-20(24)26)17(13-21(2,3)4)14-22(5,6)25-7/h9-12,15,17H,8,13-14H2,1-7H3,(H,23,26). The summed E-state index contributed by atoms with van der Waals surface area (Å²) in [6, 6.07) is 0. The number of aromatic nitrogens is 2. The van der Waals surface area contributed by atoms with Gasteiger partial charge in [-0.3, -0.25) is 4.57 Å². The highest BCUT2D eigenvalue weighted by atomic mass is 32.1. The second-order valence-corrected chi connectivity index (χ2v) is 9.51. The number of imidazole rings is 1. The van der Waals surface area contributed by atoms with Gasteiger partial charge in [-0.2, -0.15) is 0 Å². The molecule has 0 aliphatic heterocycles. The minimum Gasteiger partial charge on any atom is -0.379 e. The van der Waals surface area contributed by atoms with Crippen molar-refractivity contribution in [3.8, 4) is 0 Å². The first-order chi connectivity index (χ1) is 12.0. The van der Waals surface area contributed by atoms with Crippen molar-refractivity contribution in [2.24, 2.45) is 5.41 Å². The van der Waals surface area contributed by atoms with E-state index in [0.717, 1.165) is 35.8 Å². The molecule has 1 atom stereocenters. The predicted molar refractivity (Wildman–Crippen MR) is 114 cm³/mol. The molecule has 1 aliphatic carbocycles. The summed E-state index contributed by atoms with van der Waals surface area (Å²) in [7, 11) is 1.78. The second kappa shape index (κ2) is 8.18. The maximum absolute atomic E-state index is 5.70. The van der Waals surface area contributed by atoms with Crippen LogP contribution in [0.1, 0.15) is 72.4 Å². The van der Waals surface area contributed by atoms with Gasteiger partial charge in [0.05, 0.1) is 11.3 Å². The van der Waals surface area contributed by atoms with E-state index in [2.05, 4.69) is 89.2 Å². The van der Waals surface area contributed by atoms with Crippen molar-refractivity contribution in [2.45, 2.75) is 77.5 Å². The molecule has 3 nitrogen and oxygen atoms in total. The Kier molecular flexibility index (Phi) is 6.62. The van der Waals surface area contributed by atoms with Gasteiger partial charge in [-0.25, -0.2) is 4.98 Å². The number of allylic oxidation sites excluding steroid dienone is 6. The monoisotopic (exact) mass is 374 g/mol. The third-order valence-electron chi connectivity index (χ3n) is 4.84. The van der Waals surface area contributed by atoms with Crippen LogP contribution in [0, 0.1) is 5.41 Å². The Morgan fingerprint density at radius 3 is 2.46 bits per heavy atom. The van der Waals surface area contributed by atoms with Crippen molar-refractivity contribution in [1.29, 1.82) is 0 Å². The Bertz CT molecular complexity index is 717. The molecular formula is C22H34N2OS. The van der Waals surface area contributed by atoms with Crippen LogP contribution < -0.4 is 0 Å². The summed E-state index contributed by atoms with van der Waals surface area (Å²) in [6.07, 6.45) is 13.8. The van der Waals surface area contributed by atoms with Crippen LogP contribution >= 0.6 is 12.6 Å². The minimum atomic E-state index is -0.182. The first kappa shape index (κ1) is 21.0. The summed E-state index contributed by atoms with van der Waals surface area (Å²) in [5.41, 5.74) is 3.54. The zero-order chi connectivity index (χ0) is 19.5. The Morgan fingerprint density at radius 2 is 1.85 bits per heavy atom. The average molecular weight is 375 g/mol. The maximum Gasteiger partial charge on any atom is 0.169 e. The summed E-state index contributed by atoms with van der Waals surface area (Å²) in [6.45, 7) is 13.3. The molecule has 1 heterocycles. The van der Waals surface area contributed by atoms with Crippen molar-refractivity contribution in [3.63, 3.8) is 0 Å². The lowest BCUT2D eigenvalue weighted by atomic mass is 9.79. The smallest absolute Gasteiger partial charge is 0.169 e. The summed E-state index contributed by atoms with van der Waals surface area (Å²) < 4.78 is 7.80. The zero-order valence-corrected chi connectivity index (χ0v) is 18.2. The summed E-state index contributed by atoms with van der Waals surface area (Å²) in [4.78, 5) is 4.82. The van der Waals surface area contributed by atoms with Gasteiger partial charge >= 0.3 is 0 Å². The van der Waals surface area contributed by atoms with E-state index in [9.17, 15) is 0 Å². The van der Waals surface area contributed by atoms with E-state index < -0.39 is 0 Å². The van der Waals surface area contributed by atoms with Crippen molar-refractivity contribution in [3.05, 3.63) is 41.8 Å². The van der Waals surface area contributed by atoms with Gasteiger partial charge < -0.3 is 4.74 Å². The number of hydrogen-bond donors (Lipinski definition) is 1. The van der Waals surface area contributed by atoms with E-state index in [1.165, 1.54) is 5.57 Å². The molecule has 0 N–H and O–H groups in total. The SMILES string of the molecule is COC(C)(C)CC(CC(C)(C)C)c1cn(C2=CCC=C(C)C=C2)c(S)n1. The van der Waals surface area contributed by atoms with Crippen molar-refractivity contribution in [2.75, 3.05) is 7.11 Å². The summed E-state index contributed by atoms with van der Waals surface area (Å²) >= 11 is 4.66. The lowest BCUT2D eigenvalue weighted by Gasteiger charge is -2.31. The maximum atomic E-state index is 5.70. The van der Waals surface area contributed by atoms with E-state index in [0.29, 0.717) is 5.92 Å². The molecule has 0 radical (unpaired) electrons. The molecular weight excluding hydrogens is 340 g/mol. The van der Waals surface area contributed by atoms with Gasteiger partial charge in [-0.05, 0) is 51.5 Å². The van der Waals surface area contributed by atoms with Crippen molar-refractivity contribution in [1.82, 2.24) is 9.55 Å². The molecule has 1 aromatic heterocycles. The number of methoxy groups -OCH3 is 1. The predicted octanol–water partition coefficient (Wildman–Crippen LogP) is 6.25. The van der Waals surface area contributed by atoms with E-state index in [1.807, 2.05) is 0 Å². The van der Waals surface area contributed by atoms with Crippen LogP contribution in [0.2, 0.25) is 0 Å². The Balaban J connectivity index is 2.35. The molecule has 0 fully saturated rings. The Morgan fingerprint density at radius 1 is 1.15 bits per heavy atom. The molecule has 0 aromatic carbocycles. The van der Waals surface area contributed by atoms with Gasteiger partial charge in [0.2, 0.25) is 0 Å². The first-order valence-corrected chi connectivity index (χ1v) is 9.84. The van der Waals surface area contributed by atoms with Gasteiger partial charge in [-0.1, -0.05) is 44.6 Å². The molecule has 2 rings (SSSR count). The van der Waals surface area contributed by atoms with Gasteiger partial charge in [-0.15, -0.1) is 12.6 Å². The molecule has 0 spiro atoms. The Labute approximate surface area is 164 Å². The van der Waals surface area contributed by atoms with Gasteiger partial charge in [0.15, 0.2) is 5.16 Å². The zero-order valence-electron chi connectivity index (χ0n) is 17.3. The van der Waals surface area contributed by atoms with E-state index in [-0.39, 0.29) is 11.0 Å². The molecule has 1 aromatic rings. The lowest BCUT2D eigenvalue weighted by Crippen LogP contribution is -2.27. The van der Waals surface area contributed by atoms with Crippen LogP contribution in [0.5, 0.6) is 0 Å². The number of nitrogens with zero attached hydrogens (tertiary/aromatic N) is 2. The van der Waals surface area contributed by atoms with Gasteiger partial charge in [0.1, 0.15) is 0 Å². The highest BCUT2D eigenvalue weighted by Crippen LogP contribution is 2.38. The highest BCUT2D eigenvalue weighted by molar-refractivity contribution is 7.80. The number of rotatable bonds is 6. The van der Waals surface area contributed by atoms with Crippen LogP contribution in [-0.2, 0) is 4.74 Å². The van der Waals surface area contributed by atoms with Crippen LogP contribution in [0.4, 0.5) is 0 Å². The molecule has 144 valence electrons. The molecule has 1 aliphatic rings. The van der Waals surface area contributed by atoms with Crippen LogP contribution in [0.25, 0.3) is 5.70 Å². The third-order valence-corrected chi connectivity index (χ3v) is 5.15. The number of ether oxygens (including phenoxy) is 1. The number of hydrogen-bond acceptors (Lipinski definition) is 3. The fraction of sp³-hybridized carbons (Fsp3) is 0.591. The fourth-order valence-electron chi connectivity index (χ4n) is 3.37. The lowest BCUT2D eigenvalue weighted by molar-refractivity contribution is 0.00617. The summed E-state index contributed by atoms with van der Waals surface area (Å²) in [5.74, 6) is 0.326. The molecule has 0 bridgehead atoms. The van der Waals surface area contributed by atoms with Gasteiger partial charge in [0.25, 0.3) is 0 Å². The average Bonchev–Trinajstić information content (AvgIpc) is 2.77. The number of thiol groups is 1. The molecule has 0 saturated heterocycles. The molecule has 26 heavy (non-hydrogen) atoms. The van der Waals surface area contributed by atoms with Crippen LogP contribution in [0.3, 0.4) is 0 Å².